The molecule has 1 aliphatic heterocycles. The number of aromatic carboxylic acids is 1. The summed E-state index contributed by atoms with van der Waals surface area (Å²) in [7, 11) is 0. The van der Waals surface area contributed by atoms with Crippen LogP contribution in [0.3, 0.4) is 0 Å². The summed E-state index contributed by atoms with van der Waals surface area (Å²) in [6, 6.07) is 0. The molecule has 2 heterocycles. The molecule has 0 spiro atoms. The fourth-order valence-corrected chi connectivity index (χ4v) is 1.58. The maximum atomic E-state index is 10.0. The third kappa shape index (κ3) is 7.20. The Kier molecular flexibility index (Phi) is 8.73. The first-order valence-electron chi connectivity index (χ1n) is 5.79. The van der Waals surface area contributed by atoms with E-state index in [4.69, 9.17) is 6.57 Å². The molecule has 0 aliphatic carbocycles. The average Bonchev–Trinajstić information content (AvgIpc) is 2.78. The van der Waals surface area contributed by atoms with Gasteiger partial charge in [-0.2, -0.15) is 0 Å². The topological polar surface area (TPSA) is 85.2 Å². The van der Waals surface area contributed by atoms with Crippen LogP contribution in [0.2, 0.25) is 0 Å². The van der Waals surface area contributed by atoms with Crippen LogP contribution in [0.1, 0.15) is 37.3 Å². The molecule has 1 aromatic rings. The van der Waals surface area contributed by atoms with Gasteiger partial charge in [0.15, 0.2) is 0 Å². The molecule has 2 N–H and O–H groups in total. The van der Waals surface area contributed by atoms with Gasteiger partial charge in [0.05, 0.1) is 6.20 Å². The minimum absolute atomic E-state index is 0. The van der Waals surface area contributed by atoms with Crippen molar-refractivity contribution in [1.82, 2.24) is 15.3 Å². The molecule has 1 aromatic heterocycles. The number of H-pyrrole nitrogens is 1. The summed E-state index contributed by atoms with van der Waals surface area (Å²) >= 11 is 0. The van der Waals surface area contributed by atoms with Crippen LogP contribution in [-0.2, 0) is 0 Å². The minimum atomic E-state index is -1.41. The van der Waals surface area contributed by atoms with Gasteiger partial charge in [0.2, 0.25) is 11.6 Å². The number of aromatic amines is 1. The minimum Gasteiger partial charge on any atom is -0.540 e. The Morgan fingerprint density at radius 3 is 2.32 bits per heavy atom. The fourth-order valence-electron chi connectivity index (χ4n) is 1.58. The van der Waals surface area contributed by atoms with E-state index in [1.807, 2.05) is 0 Å². The maximum Gasteiger partial charge on any atom is 1.00 e. The molecular formula is C12H17KN4O2. The summed E-state index contributed by atoms with van der Waals surface area (Å²) in [4.78, 5) is 18.5. The van der Waals surface area contributed by atoms with Crippen LogP contribution in [-0.4, -0.2) is 29.0 Å². The van der Waals surface area contributed by atoms with E-state index in [9.17, 15) is 9.90 Å². The third-order valence-electron chi connectivity index (χ3n) is 2.83. The van der Waals surface area contributed by atoms with Gasteiger partial charge in [-0.1, -0.05) is 20.4 Å². The zero-order valence-corrected chi connectivity index (χ0v) is 14.7. The van der Waals surface area contributed by atoms with Crippen LogP contribution in [0.25, 0.3) is 4.85 Å². The van der Waals surface area contributed by atoms with Crippen molar-refractivity contribution in [2.75, 3.05) is 13.1 Å². The summed E-state index contributed by atoms with van der Waals surface area (Å²) in [5.74, 6) is -1.62. The largest absolute Gasteiger partial charge is 1.00 e. The first-order valence-corrected chi connectivity index (χ1v) is 5.79. The molecule has 0 saturated carbocycles. The first kappa shape index (κ1) is 18.8. The van der Waals surface area contributed by atoms with E-state index >= 15 is 0 Å². The molecule has 98 valence electrons. The summed E-state index contributed by atoms with van der Waals surface area (Å²) in [6.07, 6.45) is 3.82. The van der Waals surface area contributed by atoms with Crippen LogP contribution in [0, 0.1) is 12.0 Å². The number of aromatic nitrogens is 2. The summed E-state index contributed by atoms with van der Waals surface area (Å²) in [5.41, 5.74) is 0.616. The molecule has 0 aromatic carbocycles. The van der Waals surface area contributed by atoms with Crippen molar-refractivity contribution in [3.63, 3.8) is 0 Å². The van der Waals surface area contributed by atoms with E-state index in [1.54, 1.807) is 0 Å². The van der Waals surface area contributed by atoms with E-state index in [1.165, 1.54) is 25.9 Å². The van der Waals surface area contributed by atoms with Crippen molar-refractivity contribution in [1.29, 1.82) is 0 Å². The molecule has 1 fully saturated rings. The predicted octanol–water partition coefficient (Wildman–Crippen LogP) is -2.28. The molecule has 0 bridgehead atoms. The number of imidazole rings is 1. The van der Waals surface area contributed by atoms with Gasteiger partial charge >= 0.3 is 51.4 Å². The van der Waals surface area contributed by atoms with Gasteiger partial charge in [-0.3, -0.25) is 4.98 Å². The van der Waals surface area contributed by atoms with Gasteiger partial charge in [0, 0.05) is 0 Å². The number of carbonyl (C=O) groups excluding carboxylic acids is 1. The van der Waals surface area contributed by atoms with Crippen LogP contribution >= 0.6 is 0 Å². The van der Waals surface area contributed by atoms with E-state index in [2.05, 4.69) is 34.0 Å². The number of nitrogens with one attached hydrogen (secondary N) is 2. The van der Waals surface area contributed by atoms with Crippen molar-refractivity contribution in [2.45, 2.75) is 26.7 Å². The molecule has 1 aliphatic rings. The molecular weight excluding hydrogens is 271 g/mol. The predicted molar refractivity (Wildman–Crippen MR) is 65.1 cm³/mol. The molecule has 0 unspecified atom stereocenters. The second kappa shape index (κ2) is 8.84. The van der Waals surface area contributed by atoms with Gasteiger partial charge in [-0.15, -0.1) is 0 Å². The Morgan fingerprint density at radius 2 is 2.05 bits per heavy atom. The van der Waals surface area contributed by atoms with Crippen LogP contribution < -0.4 is 61.8 Å². The van der Waals surface area contributed by atoms with Crippen LogP contribution in [0.15, 0.2) is 6.20 Å². The van der Waals surface area contributed by atoms with E-state index in [0.29, 0.717) is 5.41 Å². The summed E-state index contributed by atoms with van der Waals surface area (Å²) < 4.78 is 0. The molecule has 6 nitrogen and oxygen atoms in total. The van der Waals surface area contributed by atoms with Gasteiger partial charge in [0.1, 0.15) is 5.97 Å². The summed E-state index contributed by atoms with van der Waals surface area (Å²) in [5, 5.41) is 13.4. The van der Waals surface area contributed by atoms with Gasteiger partial charge in [-0.05, 0) is 31.3 Å². The maximum absolute atomic E-state index is 10.0. The molecule has 0 atom stereocenters. The van der Waals surface area contributed by atoms with Crippen molar-refractivity contribution in [3.8, 4) is 0 Å². The van der Waals surface area contributed by atoms with Crippen molar-refractivity contribution < 1.29 is 61.3 Å². The molecule has 7 heteroatoms. The number of hydrogen-bond acceptors (Lipinski definition) is 4. The molecule has 0 amide bonds. The third-order valence-corrected chi connectivity index (χ3v) is 2.83. The Hall–Kier alpha value is -0.234. The number of carbonyl (C=O) groups is 1. The Balaban J connectivity index is 0.000000331. The van der Waals surface area contributed by atoms with Crippen LogP contribution in [0.4, 0.5) is 5.82 Å². The van der Waals surface area contributed by atoms with Gasteiger partial charge in [-0.25, -0.2) is 4.98 Å². The Bertz CT molecular complexity index is 443. The Labute approximate surface area is 155 Å². The smallest absolute Gasteiger partial charge is 0.540 e. The quantitative estimate of drug-likeness (QED) is 0.450. The zero-order valence-electron chi connectivity index (χ0n) is 11.6. The van der Waals surface area contributed by atoms with Crippen molar-refractivity contribution in [3.05, 3.63) is 23.4 Å². The van der Waals surface area contributed by atoms with Gasteiger partial charge < -0.3 is 20.1 Å². The number of carboxylic acids is 1. The fraction of sp³-hybridized carbons (Fsp3) is 0.583. The zero-order chi connectivity index (χ0) is 13.6. The van der Waals surface area contributed by atoms with E-state index < -0.39 is 5.97 Å². The SMILES string of the molecule is CC1(C)CCNCC1.[C-]#[N+]c1cnc(C(=O)[O-])[nH]1.[K+]. The van der Waals surface area contributed by atoms with Crippen molar-refractivity contribution >= 4 is 11.8 Å². The van der Waals surface area contributed by atoms with E-state index in [-0.39, 0.29) is 63.0 Å². The molecule has 0 radical (unpaired) electrons. The number of rotatable bonds is 1. The van der Waals surface area contributed by atoms with Crippen LogP contribution in [0.5, 0.6) is 0 Å². The Morgan fingerprint density at radius 1 is 1.47 bits per heavy atom. The average molecular weight is 288 g/mol. The normalized spacial score (nSPS) is 16.3. The number of nitrogens with zero attached hydrogens (tertiary/aromatic N) is 2. The second-order valence-corrected chi connectivity index (χ2v) is 4.93. The monoisotopic (exact) mass is 288 g/mol. The first-order chi connectivity index (χ1) is 8.44. The number of hydrogen-bond donors (Lipinski definition) is 2. The standard InChI is InChI=1S/C7H15N.C5H3N3O2.K/c1-7(2)3-5-8-6-4-7;1-6-3-2-7-4(8-3)5(9)10;/h8H,3-6H2,1-2H3;2H,(H,7,8)(H,9,10);/q;;+1/p-1. The number of carboxylic acid groups (broad SMARTS) is 1. The van der Waals surface area contributed by atoms with Gasteiger partial charge in [0.25, 0.3) is 0 Å². The summed E-state index contributed by atoms with van der Waals surface area (Å²) in [6.45, 7) is 13.6. The van der Waals surface area contributed by atoms with Crippen molar-refractivity contribution in [2.24, 2.45) is 5.41 Å². The number of piperidine rings is 1. The molecule has 1 saturated heterocycles. The molecule has 19 heavy (non-hydrogen) atoms. The second-order valence-electron chi connectivity index (χ2n) is 4.93. The van der Waals surface area contributed by atoms with E-state index in [0.717, 1.165) is 6.20 Å². The molecule has 2 rings (SSSR count).